The first-order valence-electron chi connectivity index (χ1n) is 4.73. The van der Waals surface area contributed by atoms with Crippen LogP contribution in [-0.4, -0.2) is 24.0 Å². The number of hydrogen-bond donors (Lipinski definition) is 2. The van der Waals surface area contributed by atoms with Crippen LogP contribution in [0.1, 0.15) is 23.2 Å². The second-order valence-electron chi connectivity index (χ2n) is 2.99. The molecule has 0 saturated carbocycles. The summed E-state index contributed by atoms with van der Waals surface area (Å²) in [6, 6.07) is 3.49. The van der Waals surface area contributed by atoms with E-state index in [2.05, 4.69) is 10.3 Å². The zero-order valence-corrected chi connectivity index (χ0v) is 8.07. The Bertz CT molecular complexity index is 274. The Morgan fingerprint density at radius 2 is 2.36 bits per heavy atom. The molecule has 0 bridgehead atoms. The van der Waals surface area contributed by atoms with E-state index in [9.17, 15) is 4.79 Å². The van der Waals surface area contributed by atoms with Gasteiger partial charge in [-0.1, -0.05) is 0 Å². The second-order valence-corrected chi connectivity index (χ2v) is 2.99. The topological polar surface area (TPSA) is 68.0 Å². The number of hydrogen-bond acceptors (Lipinski definition) is 3. The molecule has 0 saturated heterocycles. The predicted octanol–water partition coefficient (Wildman–Crippen LogP) is 0.550. The van der Waals surface area contributed by atoms with E-state index in [-0.39, 0.29) is 5.91 Å². The fraction of sp³-hybridized carbons (Fsp3) is 0.400. The maximum atomic E-state index is 11.4. The van der Waals surface area contributed by atoms with E-state index >= 15 is 0 Å². The highest BCUT2D eigenvalue weighted by Gasteiger charge is 2.02. The molecular formula is C10H15N3O. The number of aromatic nitrogens is 1. The van der Waals surface area contributed by atoms with Crippen molar-refractivity contribution in [2.24, 2.45) is 5.73 Å². The Balaban J connectivity index is 2.29. The SMILES string of the molecule is NCCCCNC(=O)c1cccnc1. The van der Waals surface area contributed by atoms with Gasteiger partial charge >= 0.3 is 0 Å². The zero-order chi connectivity index (χ0) is 10.2. The Kier molecular flexibility index (Phi) is 4.64. The highest BCUT2D eigenvalue weighted by atomic mass is 16.1. The molecule has 0 atom stereocenters. The van der Waals surface area contributed by atoms with Crippen LogP contribution in [0.2, 0.25) is 0 Å². The third-order valence-electron chi connectivity index (χ3n) is 1.84. The number of nitrogens with two attached hydrogens (primary N) is 1. The molecule has 76 valence electrons. The minimum atomic E-state index is -0.0740. The summed E-state index contributed by atoms with van der Waals surface area (Å²) in [4.78, 5) is 15.3. The largest absolute Gasteiger partial charge is 0.352 e. The summed E-state index contributed by atoms with van der Waals surface area (Å²) in [5, 5.41) is 2.80. The normalized spacial score (nSPS) is 9.79. The number of carbonyl (C=O) groups is 1. The minimum absolute atomic E-state index is 0.0740. The Morgan fingerprint density at radius 1 is 1.50 bits per heavy atom. The molecule has 0 aliphatic carbocycles. The molecule has 3 N–H and O–H groups in total. The van der Waals surface area contributed by atoms with Crippen LogP contribution in [0.25, 0.3) is 0 Å². The monoisotopic (exact) mass is 193 g/mol. The number of amides is 1. The molecule has 14 heavy (non-hydrogen) atoms. The third kappa shape index (κ3) is 3.53. The molecule has 0 fully saturated rings. The van der Waals surface area contributed by atoms with Gasteiger partial charge in [-0.2, -0.15) is 0 Å². The number of rotatable bonds is 5. The van der Waals surface area contributed by atoms with Crippen LogP contribution in [0.5, 0.6) is 0 Å². The van der Waals surface area contributed by atoms with Gasteiger partial charge in [-0.15, -0.1) is 0 Å². The summed E-state index contributed by atoms with van der Waals surface area (Å²) >= 11 is 0. The van der Waals surface area contributed by atoms with E-state index in [0.717, 1.165) is 12.8 Å². The van der Waals surface area contributed by atoms with Crippen molar-refractivity contribution >= 4 is 5.91 Å². The first kappa shape index (κ1) is 10.7. The molecule has 1 aromatic heterocycles. The number of pyridine rings is 1. The third-order valence-corrected chi connectivity index (χ3v) is 1.84. The van der Waals surface area contributed by atoms with Crippen molar-refractivity contribution in [3.8, 4) is 0 Å². The van der Waals surface area contributed by atoms with Crippen molar-refractivity contribution in [3.63, 3.8) is 0 Å². The lowest BCUT2D eigenvalue weighted by molar-refractivity contribution is 0.0952. The number of nitrogens with one attached hydrogen (secondary N) is 1. The van der Waals surface area contributed by atoms with Crippen molar-refractivity contribution in [3.05, 3.63) is 30.1 Å². The summed E-state index contributed by atoms with van der Waals surface area (Å²) in [6.45, 7) is 1.34. The lowest BCUT2D eigenvalue weighted by Gasteiger charge is -2.03. The van der Waals surface area contributed by atoms with Crippen LogP contribution in [0.4, 0.5) is 0 Å². The van der Waals surface area contributed by atoms with Crippen LogP contribution in [0.3, 0.4) is 0 Å². The molecule has 4 nitrogen and oxygen atoms in total. The highest BCUT2D eigenvalue weighted by molar-refractivity contribution is 5.93. The molecule has 1 aromatic rings. The number of nitrogens with zero attached hydrogens (tertiary/aromatic N) is 1. The number of carbonyl (C=O) groups excluding carboxylic acids is 1. The molecule has 0 unspecified atom stereocenters. The maximum Gasteiger partial charge on any atom is 0.252 e. The summed E-state index contributed by atoms with van der Waals surface area (Å²) < 4.78 is 0. The van der Waals surface area contributed by atoms with E-state index in [1.807, 2.05) is 0 Å². The van der Waals surface area contributed by atoms with Crippen molar-refractivity contribution in [1.82, 2.24) is 10.3 Å². The van der Waals surface area contributed by atoms with Crippen molar-refractivity contribution < 1.29 is 4.79 Å². The van der Waals surface area contributed by atoms with Gasteiger partial charge in [0.05, 0.1) is 5.56 Å². The first-order valence-corrected chi connectivity index (χ1v) is 4.73. The molecule has 0 aliphatic rings. The van der Waals surface area contributed by atoms with E-state index < -0.39 is 0 Å². The quantitative estimate of drug-likeness (QED) is 0.671. The molecule has 0 spiro atoms. The van der Waals surface area contributed by atoms with Gasteiger partial charge in [-0.25, -0.2) is 0 Å². The molecule has 0 radical (unpaired) electrons. The van der Waals surface area contributed by atoms with Gasteiger partial charge in [0, 0.05) is 18.9 Å². The Hall–Kier alpha value is -1.42. The van der Waals surface area contributed by atoms with Gasteiger partial charge in [-0.3, -0.25) is 9.78 Å². The van der Waals surface area contributed by atoms with Crippen LogP contribution in [0.15, 0.2) is 24.5 Å². The van der Waals surface area contributed by atoms with Gasteiger partial charge in [0.15, 0.2) is 0 Å². The first-order chi connectivity index (χ1) is 6.84. The second kappa shape index (κ2) is 6.10. The van der Waals surface area contributed by atoms with Gasteiger partial charge in [0.2, 0.25) is 0 Å². The summed E-state index contributed by atoms with van der Waals surface area (Å²) in [5.74, 6) is -0.0740. The van der Waals surface area contributed by atoms with E-state index in [0.29, 0.717) is 18.7 Å². The molecule has 1 amide bonds. The Labute approximate surface area is 83.5 Å². The fourth-order valence-electron chi connectivity index (χ4n) is 1.07. The smallest absolute Gasteiger partial charge is 0.252 e. The van der Waals surface area contributed by atoms with E-state index in [1.165, 1.54) is 0 Å². The molecule has 0 aromatic carbocycles. The van der Waals surface area contributed by atoms with Gasteiger partial charge in [0.1, 0.15) is 0 Å². The van der Waals surface area contributed by atoms with Crippen molar-refractivity contribution in [2.45, 2.75) is 12.8 Å². The van der Waals surface area contributed by atoms with E-state index in [4.69, 9.17) is 5.73 Å². The fourth-order valence-corrected chi connectivity index (χ4v) is 1.07. The van der Waals surface area contributed by atoms with Crippen LogP contribution < -0.4 is 11.1 Å². The number of unbranched alkanes of at least 4 members (excludes halogenated alkanes) is 1. The van der Waals surface area contributed by atoms with E-state index in [1.54, 1.807) is 24.5 Å². The minimum Gasteiger partial charge on any atom is -0.352 e. The van der Waals surface area contributed by atoms with Crippen LogP contribution in [-0.2, 0) is 0 Å². The highest BCUT2D eigenvalue weighted by Crippen LogP contribution is 1.95. The van der Waals surface area contributed by atoms with Gasteiger partial charge in [-0.05, 0) is 31.5 Å². The molecule has 1 heterocycles. The lowest BCUT2D eigenvalue weighted by Crippen LogP contribution is -2.24. The standard InChI is InChI=1S/C10H15N3O/c11-5-1-2-7-13-10(14)9-4-3-6-12-8-9/h3-4,6,8H,1-2,5,7,11H2,(H,13,14). The predicted molar refractivity (Wildman–Crippen MR) is 54.9 cm³/mol. The molecule has 0 aliphatic heterocycles. The summed E-state index contributed by atoms with van der Waals surface area (Å²) in [5.41, 5.74) is 5.93. The molecule has 1 rings (SSSR count). The lowest BCUT2D eigenvalue weighted by atomic mass is 10.2. The van der Waals surface area contributed by atoms with Gasteiger partial charge in [0.25, 0.3) is 5.91 Å². The Morgan fingerprint density at radius 3 is 3.00 bits per heavy atom. The average molecular weight is 193 g/mol. The average Bonchev–Trinajstić information content (AvgIpc) is 2.25. The van der Waals surface area contributed by atoms with Gasteiger partial charge < -0.3 is 11.1 Å². The zero-order valence-electron chi connectivity index (χ0n) is 8.07. The van der Waals surface area contributed by atoms with Crippen LogP contribution in [0, 0.1) is 0 Å². The molecule has 4 heteroatoms. The van der Waals surface area contributed by atoms with Crippen molar-refractivity contribution in [1.29, 1.82) is 0 Å². The summed E-state index contributed by atoms with van der Waals surface area (Å²) in [7, 11) is 0. The molecular weight excluding hydrogens is 178 g/mol. The van der Waals surface area contributed by atoms with Crippen LogP contribution >= 0.6 is 0 Å². The maximum absolute atomic E-state index is 11.4. The summed E-state index contributed by atoms with van der Waals surface area (Å²) in [6.07, 6.45) is 5.05. The van der Waals surface area contributed by atoms with Crippen molar-refractivity contribution in [2.75, 3.05) is 13.1 Å².